The summed E-state index contributed by atoms with van der Waals surface area (Å²) in [5.41, 5.74) is 16.3. The summed E-state index contributed by atoms with van der Waals surface area (Å²) in [5, 5.41) is 17.1. The zero-order valence-electron chi connectivity index (χ0n) is 45.8. The van der Waals surface area contributed by atoms with Gasteiger partial charge in [-0.3, -0.25) is 29.3 Å². The Morgan fingerprint density at radius 1 is 0.823 bits per heavy atom. The molecule has 8 heterocycles. The summed E-state index contributed by atoms with van der Waals surface area (Å²) in [4.78, 5) is 89.2. The number of hydrogen-bond donors (Lipinski definition) is 5. The van der Waals surface area contributed by atoms with Crippen LogP contribution < -0.4 is 10.6 Å². The molecule has 0 radical (unpaired) electrons. The molecule has 79 heavy (non-hydrogen) atoms. The van der Waals surface area contributed by atoms with Crippen LogP contribution in [0.15, 0.2) is 104 Å². The van der Waals surface area contributed by atoms with Crippen molar-refractivity contribution in [1.29, 1.82) is 0 Å². The second-order valence-electron chi connectivity index (χ2n) is 20.9. The fraction of sp³-hybridized carbons (Fsp3) is 0.286. The third-order valence-electron chi connectivity index (χ3n) is 15.7. The fourth-order valence-corrected chi connectivity index (χ4v) is 11.2. The standard InChI is InChI=1S/C63H65N11O5/c1-9-45-37(5)51-30-53-39(7)47(59(69-53)48(28-36(4)75)60-58(62(78)79)40(8)54(70-60)32-56-46(10-2)38(6)52(68-56)31-55(45)67-51)19-20-57(76)74-26-24-73(25-27-74)34-41-14-16-42(17-15-41)61(77)66-44-18-13-35(3)50(29-44)72-63-65-23-21-49(71-63)43-12-11-22-64-33-43/h9,11-18,21-23,29-33,39,47,67-68H,1,10,19-20,24-28,34H2,2-8H3,(H,66,77)(H,78,79)(H,65,71,72)/t39-,47-/m0/s1. The van der Waals surface area contributed by atoms with Crippen LogP contribution >= 0.6 is 0 Å². The minimum Gasteiger partial charge on any atom is -0.478 e. The normalized spacial score (nSPS) is 15.5. The molecule has 2 aromatic carbocycles. The maximum Gasteiger partial charge on any atom is 0.338 e. The number of allylic oxidation sites excluding steroid dienone is 1. The van der Waals surface area contributed by atoms with Crippen molar-refractivity contribution in [2.75, 3.05) is 36.8 Å². The van der Waals surface area contributed by atoms with Gasteiger partial charge in [-0.1, -0.05) is 44.7 Å². The number of amides is 2. The van der Waals surface area contributed by atoms with E-state index in [2.05, 4.69) is 80.8 Å². The van der Waals surface area contributed by atoms with Crippen LogP contribution in [0, 0.1) is 20.8 Å². The molecule has 16 heteroatoms. The van der Waals surface area contributed by atoms with E-state index in [1.807, 2.05) is 90.7 Å². The molecule has 0 unspecified atom stereocenters. The Kier molecular flexibility index (Phi) is 15.3. The molecule has 0 spiro atoms. The highest BCUT2D eigenvalue weighted by atomic mass is 16.4. The van der Waals surface area contributed by atoms with E-state index in [-0.39, 0.29) is 53.5 Å². The summed E-state index contributed by atoms with van der Waals surface area (Å²) in [6.07, 6.45) is 8.35. The number of carboxylic acids is 1. The van der Waals surface area contributed by atoms with Crippen LogP contribution in [0.1, 0.15) is 124 Å². The van der Waals surface area contributed by atoms with Crippen molar-refractivity contribution in [3.05, 3.63) is 171 Å². The minimum atomic E-state index is -1.13. The van der Waals surface area contributed by atoms with Gasteiger partial charge < -0.3 is 30.6 Å². The molecule has 2 amide bonds. The number of hydrogen-bond acceptors (Lipinski definition) is 11. The Labute approximate surface area is 459 Å². The van der Waals surface area contributed by atoms with Gasteiger partial charge in [0.2, 0.25) is 11.9 Å². The molecule has 2 atom stereocenters. The van der Waals surface area contributed by atoms with Gasteiger partial charge in [0.05, 0.1) is 28.3 Å². The first kappa shape index (κ1) is 53.5. The Bertz CT molecular complexity index is 3780. The van der Waals surface area contributed by atoms with Crippen LogP contribution in [-0.2, 0) is 33.8 Å². The highest BCUT2D eigenvalue weighted by molar-refractivity contribution is 6.24. The summed E-state index contributed by atoms with van der Waals surface area (Å²) >= 11 is 0. The number of aromatic nitrogens is 7. The first-order chi connectivity index (χ1) is 38.1. The molecule has 10 rings (SSSR count). The van der Waals surface area contributed by atoms with Gasteiger partial charge in [-0.05, 0) is 142 Å². The summed E-state index contributed by atoms with van der Waals surface area (Å²) in [7, 11) is 0. The Hall–Kier alpha value is -8.89. The van der Waals surface area contributed by atoms with Gasteiger partial charge in [-0.25, -0.2) is 19.7 Å². The number of carbonyl (C=O) groups excluding carboxylic acids is 3. The van der Waals surface area contributed by atoms with E-state index in [0.717, 1.165) is 84.5 Å². The quantitative estimate of drug-likeness (QED) is 0.0648. The predicted molar refractivity (Wildman–Crippen MR) is 311 cm³/mol. The SMILES string of the molecule is C=Cc1c(C)c2cc3nc(c(CC(C)=O)c4nc(cc5[nH]c(cc1[nH]2)c(C)c5CC)C(C)=C4C(=O)O)[C@@H](CCC(=O)N1CCN(Cc2ccc(C(=O)Nc4ccc(C)c(Nc5nccc(-c6cccnc6)n5)c4)cc2)CC1)[C@@H]3C. The number of benzene rings is 2. The number of pyridine rings is 1. The number of fused-ring (bicyclic) bond motifs is 8. The molecule has 8 bridgehead atoms. The molecule has 1 fully saturated rings. The average molecular weight is 1060 g/mol. The second-order valence-corrected chi connectivity index (χ2v) is 20.9. The molecule has 0 saturated carbocycles. The molecule has 402 valence electrons. The number of aryl methyl sites for hydroxylation is 4. The van der Waals surface area contributed by atoms with E-state index in [1.54, 1.807) is 25.5 Å². The number of nitrogens with one attached hydrogen (secondary N) is 4. The molecule has 3 aliphatic heterocycles. The Morgan fingerprint density at radius 2 is 1.58 bits per heavy atom. The number of carboxylic acid groups (broad SMARTS) is 1. The average Bonchev–Trinajstić information content (AvgIpc) is 4.36. The smallest absolute Gasteiger partial charge is 0.338 e. The van der Waals surface area contributed by atoms with Gasteiger partial charge in [-0.2, -0.15) is 0 Å². The number of anilines is 3. The highest BCUT2D eigenvalue weighted by Gasteiger charge is 2.36. The van der Waals surface area contributed by atoms with Crippen molar-refractivity contribution in [2.45, 2.75) is 92.5 Å². The summed E-state index contributed by atoms with van der Waals surface area (Å²) < 4.78 is 0. The van der Waals surface area contributed by atoms with Crippen molar-refractivity contribution in [3.8, 4) is 11.3 Å². The van der Waals surface area contributed by atoms with Crippen molar-refractivity contribution in [2.24, 2.45) is 0 Å². The molecular formula is C63H65N11O5. The molecule has 3 aliphatic rings. The lowest BCUT2D eigenvalue weighted by molar-refractivity contribution is -0.133. The lowest BCUT2D eigenvalue weighted by Gasteiger charge is -2.35. The topological polar surface area (TPSA) is 215 Å². The highest BCUT2D eigenvalue weighted by Crippen LogP contribution is 2.44. The van der Waals surface area contributed by atoms with Crippen molar-refractivity contribution in [1.82, 2.24) is 44.7 Å². The molecule has 5 aromatic heterocycles. The fourth-order valence-electron chi connectivity index (χ4n) is 11.2. The number of piperazine rings is 1. The van der Waals surface area contributed by atoms with Crippen LogP contribution in [0.4, 0.5) is 17.3 Å². The number of aliphatic carboxylic acids is 1. The molecule has 7 aromatic rings. The van der Waals surface area contributed by atoms with Crippen LogP contribution in [0.25, 0.3) is 50.5 Å². The zero-order valence-corrected chi connectivity index (χ0v) is 45.8. The first-order valence-electron chi connectivity index (χ1n) is 26.9. The summed E-state index contributed by atoms with van der Waals surface area (Å²) in [6.45, 7) is 20.8. The molecule has 1 saturated heterocycles. The maximum absolute atomic E-state index is 14.2. The number of rotatable bonds is 15. The van der Waals surface area contributed by atoms with Gasteiger partial charge in [0, 0.05) is 137 Å². The van der Waals surface area contributed by atoms with Crippen LogP contribution in [-0.4, -0.2) is 99.5 Å². The van der Waals surface area contributed by atoms with Gasteiger partial charge in [0.15, 0.2) is 0 Å². The van der Waals surface area contributed by atoms with E-state index >= 15 is 0 Å². The largest absolute Gasteiger partial charge is 0.478 e. The number of Topliss-reactive ketones (excluding diaryl/α,β-unsaturated/α-hetero) is 1. The van der Waals surface area contributed by atoms with Gasteiger partial charge >= 0.3 is 5.97 Å². The number of aromatic amines is 2. The maximum atomic E-state index is 14.2. The number of nitrogens with zero attached hydrogens (tertiary/aromatic N) is 7. The second kappa shape index (κ2) is 22.6. The Morgan fingerprint density at radius 3 is 2.29 bits per heavy atom. The van der Waals surface area contributed by atoms with Gasteiger partial charge in [0.25, 0.3) is 5.91 Å². The Balaban J connectivity index is 0.833. The lowest BCUT2D eigenvalue weighted by Crippen LogP contribution is -2.48. The van der Waals surface area contributed by atoms with Crippen LogP contribution in [0.2, 0.25) is 0 Å². The number of H-pyrrole nitrogens is 2. The number of ketones is 1. The van der Waals surface area contributed by atoms with Gasteiger partial charge in [0.1, 0.15) is 5.78 Å². The van der Waals surface area contributed by atoms with E-state index < -0.39 is 5.97 Å². The number of carbonyl (C=O) groups is 4. The van der Waals surface area contributed by atoms with E-state index in [4.69, 9.17) is 9.97 Å². The first-order valence-corrected chi connectivity index (χ1v) is 26.9. The lowest BCUT2D eigenvalue weighted by atomic mass is 9.84. The van der Waals surface area contributed by atoms with Crippen LogP contribution in [0.3, 0.4) is 0 Å². The van der Waals surface area contributed by atoms with E-state index in [9.17, 15) is 24.3 Å². The molecular weight excluding hydrogens is 991 g/mol. The van der Waals surface area contributed by atoms with Crippen LogP contribution in [0.5, 0.6) is 0 Å². The van der Waals surface area contributed by atoms with E-state index in [0.29, 0.717) is 78.9 Å². The monoisotopic (exact) mass is 1060 g/mol. The van der Waals surface area contributed by atoms with Crippen molar-refractivity contribution < 1.29 is 24.3 Å². The third kappa shape index (κ3) is 11.1. The minimum absolute atomic E-state index is 0.0268. The van der Waals surface area contributed by atoms with Gasteiger partial charge in [-0.15, -0.1) is 0 Å². The van der Waals surface area contributed by atoms with E-state index in [1.165, 1.54) is 6.92 Å². The molecule has 0 aliphatic carbocycles. The zero-order chi connectivity index (χ0) is 55.6. The third-order valence-corrected chi connectivity index (χ3v) is 15.7. The van der Waals surface area contributed by atoms with Crippen molar-refractivity contribution >= 4 is 80.2 Å². The van der Waals surface area contributed by atoms with Crippen molar-refractivity contribution in [3.63, 3.8) is 0 Å². The summed E-state index contributed by atoms with van der Waals surface area (Å²) in [5.74, 6) is -1.57. The summed E-state index contributed by atoms with van der Waals surface area (Å²) in [6, 6.07) is 24.9. The predicted octanol–water partition coefficient (Wildman–Crippen LogP) is 11.5. The molecule has 16 nitrogen and oxygen atoms in total. The molecule has 5 N–H and O–H groups in total.